The first-order valence-electron chi connectivity index (χ1n) is 8.03. The lowest BCUT2D eigenvalue weighted by Crippen LogP contribution is -2.08. The number of benzene rings is 2. The van der Waals surface area contributed by atoms with Gasteiger partial charge in [0.25, 0.3) is 0 Å². The maximum Gasteiger partial charge on any atom is 0.229 e. The molecular weight excluding hydrogens is 350 g/mol. The molecule has 1 aromatic heterocycles. The van der Waals surface area contributed by atoms with Gasteiger partial charge in [-0.3, -0.25) is 0 Å². The molecule has 0 fully saturated rings. The number of rotatable bonds is 6. The van der Waals surface area contributed by atoms with Gasteiger partial charge in [-0.15, -0.1) is 0 Å². The Balaban J connectivity index is 1.72. The quantitative estimate of drug-likeness (QED) is 0.657. The number of nitrogens with zero attached hydrogens (tertiary/aromatic N) is 3. The first-order chi connectivity index (χ1) is 12.5. The maximum atomic E-state index is 6.15. The lowest BCUT2D eigenvalue weighted by molar-refractivity contribution is 0.415. The van der Waals surface area contributed by atoms with Gasteiger partial charge in [-0.2, -0.15) is 4.98 Å². The van der Waals surface area contributed by atoms with Crippen molar-refractivity contribution in [2.45, 2.75) is 0 Å². The van der Waals surface area contributed by atoms with Crippen LogP contribution in [0, 0.1) is 0 Å². The molecule has 0 radical (unpaired) electrons. The predicted octanol–water partition coefficient (Wildman–Crippen LogP) is 4.69. The van der Waals surface area contributed by atoms with E-state index in [2.05, 4.69) is 25.5 Å². The number of hydrogen-bond acceptors (Lipinski definition) is 6. The van der Waals surface area contributed by atoms with E-state index in [-0.39, 0.29) is 0 Å². The van der Waals surface area contributed by atoms with Crippen molar-refractivity contribution in [2.24, 2.45) is 0 Å². The average Bonchev–Trinajstić information content (AvgIpc) is 2.63. The molecule has 0 amide bonds. The minimum absolute atomic E-state index is 0.473. The van der Waals surface area contributed by atoms with Crippen LogP contribution in [0.15, 0.2) is 54.7 Å². The molecule has 134 valence electrons. The summed E-state index contributed by atoms with van der Waals surface area (Å²) < 4.78 is 5.15. The summed E-state index contributed by atoms with van der Waals surface area (Å²) in [5, 5.41) is 6.93. The first kappa shape index (κ1) is 17.8. The van der Waals surface area contributed by atoms with Crippen LogP contribution in [0.25, 0.3) is 0 Å². The smallest absolute Gasteiger partial charge is 0.229 e. The van der Waals surface area contributed by atoms with Crippen LogP contribution in [0.2, 0.25) is 5.02 Å². The summed E-state index contributed by atoms with van der Waals surface area (Å²) in [6.45, 7) is 0. The van der Waals surface area contributed by atoms with E-state index in [1.54, 1.807) is 25.4 Å². The number of anilines is 5. The maximum absolute atomic E-state index is 6.15. The zero-order chi connectivity index (χ0) is 18.5. The summed E-state index contributed by atoms with van der Waals surface area (Å²) >= 11 is 6.15. The third-order valence-corrected chi connectivity index (χ3v) is 4.01. The van der Waals surface area contributed by atoms with E-state index in [1.165, 1.54) is 0 Å². The number of ether oxygens (including phenoxy) is 1. The Morgan fingerprint density at radius 1 is 0.962 bits per heavy atom. The predicted molar refractivity (Wildman–Crippen MR) is 107 cm³/mol. The van der Waals surface area contributed by atoms with Crippen molar-refractivity contribution in [1.29, 1.82) is 0 Å². The molecule has 2 N–H and O–H groups in total. The van der Waals surface area contributed by atoms with Crippen LogP contribution >= 0.6 is 11.6 Å². The molecule has 0 atom stereocenters. The highest BCUT2D eigenvalue weighted by Crippen LogP contribution is 2.28. The molecule has 1 heterocycles. The lowest BCUT2D eigenvalue weighted by Gasteiger charge is -2.13. The van der Waals surface area contributed by atoms with Gasteiger partial charge in [0, 0.05) is 37.4 Å². The van der Waals surface area contributed by atoms with E-state index in [9.17, 15) is 0 Å². The summed E-state index contributed by atoms with van der Waals surface area (Å²) in [7, 11) is 5.60. The normalized spacial score (nSPS) is 10.3. The average molecular weight is 370 g/mol. The summed E-state index contributed by atoms with van der Waals surface area (Å²) in [4.78, 5) is 10.8. The Kier molecular flexibility index (Phi) is 5.43. The fourth-order valence-electron chi connectivity index (χ4n) is 2.35. The van der Waals surface area contributed by atoms with Crippen LogP contribution in [0.5, 0.6) is 5.75 Å². The summed E-state index contributed by atoms with van der Waals surface area (Å²) in [5.74, 6) is 1.79. The number of hydrogen-bond donors (Lipinski definition) is 2. The van der Waals surface area contributed by atoms with Crippen LogP contribution in [0.1, 0.15) is 0 Å². The SMILES string of the molecule is COc1ccc(Nc2nccc(Nc3ccc(N(C)C)cc3)n2)cc1Cl. The second kappa shape index (κ2) is 7.93. The third-order valence-electron chi connectivity index (χ3n) is 3.72. The summed E-state index contributed by atoms with van der Waals surface area (Å²) in [5.41, 5.74) is 2.87. The second-order valence-corrected chi connectivity index (χ2v) is 6.21. The highest BCUT2D eigenvalue weighted by Gasteiger charge is 2.05. The molecule has 7 heteroatoms. The van der Waals surface area contributed by atoms with E-state index < -0.39 is 0 Å². The zero-order valence-electron chi connectivity index (χ0n) is 14.8. The largest absolute Gasteiger partial charge is 0.495 e. The van der Waals surface area contributed by atoms with Gasteiger partial charge in [0.05, 0.1) is 12.1 Å². The van der Waals surface area contributed by atoms with Crippen LogP contribution in [0.4, 0.5) is 28.8 Å². The van der Waals surface area contributed by atoms with E-state index in [4.69, 9.17) is 16.3 Å². The highest BCUT2D eigenvalue weighted by atomic mass is 35.5. The Bertz CT molecular complexity index is 883. The van der Waals surface area contributed by atoms with Crippen molar-refractivity contribution in [3.63, 3.8) is 0 Å². The third kappa shape index (κ3) is 4.34. The van der Waals surface area contributed by atoms with Crippen LogP contribution < -0.4 is 20.3 Å². The fourth-order valence-corrected chi connectivity index (χ4v) is 2.61. The monoisotopic (exact) mass is 369 g/mol. The molecule has 0 saturated carbocycles. The van der Waals surface area contributed by atoms with Gasteiger partial charge in [-0.25, -0.2) is 4.98 Å². The second-order valence-electron chi connectivity index (χ2n) is 5.81. The van der Waals surface area contributed by atoms with E-state index in [0.29, 0.717) is 22.5 Å². The molecule has 3 aromatic rings. The van der Waals surface area contributed by atoms with Crippen molar-refractivity contribution < 1.29 is 4.74 Å². The Morgan fingerprint density at radius 3 is 2.35 bits per heavy atom. The Morgan fingerprint density at radius 2 is 1.69 bits per heavy atom. The molecule has 0 bridgehead atoms. The fraction of sp³-hybridized carbons (Fsp3) is 0.158. The van der Waals surface area contributed by atoms with Gasteiger partial charge in [-0.1, -0.05) is 11.6 Å². The van der Waals surface area contributed by atoms with Crippen LogP contribution in [0.3, 0.4) is 0 Å². The van der Waals surface area contributed by atoms with Gasteiger partial charge in [-0.05, 0) is 48.5 Å². The molecule has 0 aliphatic rings. The van der Waals surface area contributed by atoms with Crippen molar-refractivity contribution in [2.75, 3.05) is 36.7 Å². The van der Waals surface area contributed by atoms with Crippen LogP contribution in [-0.4, -0.2) is 31.2 Å². The minimum Gasteiger partial charge on any atom is -0.495 e. The standard InChI is InChI=1S/C19H20ClN5O/c1-25(2)15-7-4-13(5-8-15)22-18-10-11-21-19(24-18)23-14-6-9-17(26-3)16(20)12-14/h4-12H,1-3H3,(H2,21,22,23,24). The Labute approximate surface area is 157 Å². The van der Waals surface area contributed by atoms with E-state index in [0.717, 1.165) is 17.1 Å². The molecule has 3 rings (SSSR count). The van der Waals surface area contributed by atoms with Crippen molar-refractivity contribution in [3.8, 4) is 5.75 Å². The van der Waals surface area contributed by atoms with Crippen molar-refractivity contribution >= 4 is 40.4 Å². The molecule has 0 unspecified atom stereocenters. The van der Waals surface area contributed by atoms with E-state index >= 15 is 0 Å². The Hall–Kier alpha value is -2.99. The molecule has 6 nitrogen and oxygen atoms in total. The molecule has 0 spiro atoms. The van der Waals surface area contributed by atoms with Gasteiger partial charge in [0.1, 0.15) is 11.6 Å². The summed E-state index contributed by atoms with van der Waals surface area (Å²) in [6.07, 6.45) is 1.69. The van der Waals surface area contributed by atoms with Gasteiger partial charge in [0.15, 0.2) is 0 Å². The van der Waals surface area contributed by atoms with Gasteiger partial charge in [0.2, 0.25) is 5.95 Å². The highest BCUT2D eigenvalue weighted by molar-refractivity contribution is 6.32. The zero-order valence-corrected chi connectivity index (χ0v) is 15.6. The summed E-state index contributed by atoms with van der Waals surface area (Å²) in [6, 6.07) is 15.3. The minimum atomic E-state index is 0.473. The van der Waals surface area contributed by atoms with Crippen molar-refractivity contribution in [1.82, 2.24) is 9.97 Å². The van der Waals surface area contributed by atoms with Gasteiger partial charge < -0.3 is 20.3 Å². The lowest BCUT2D eigenvalue weighted by atomic mass is 10.2. The van der Waals surface area contributed by atoms with Crippen molar-refractivity contribution in [3.05, 3.63) is 59.8 Å². The first-order valence-corrected chi connectivity index (χ1v) is 8.41. The molecule has 0 aliphatic carbocycles. The molecule has 26 heavy (non-hydrogen) atoms. The molecule has 0 aliphatic heterocycles. The van der Waals surface area contributed by atoms with Crippen LogP contribution in [-0.2, 0) is 0 Å². The number of aromatic nitrogens is 2. The number of methoxy groups -OCH3 is 1. The molecule has 0 saturated heterocycles. The molecular formula is C19H20ClN5O. The number of nitrogens with one attached hydrogen (secondary N) is 2. The number of halogens is 1. The van der Waals surface area contributed by atoms with Gasteiger partial charge >= 0.3 is 0 Å². The molecule has 2 aromatic carbocycles. The van der Waals surface area contributed by atoms with E-state index in [1.807, 2.05) is 50.5 Å². The topological polar surface area (TPSA) is 62.3 Å².